The average molecular weight is 82.1 g/mol. The van der Waals surface area contributed by atoms with Crippen molar-refractivity contribution in [3.63, 3.8) is 0 Å². The monoisotopic (exact) mass is 82.1 g/mol. The molecule has 0 atom stereocenters. The van der Waals surface area contributed by atoms with Gasteiger partial charge in [0.15, 0.2) is 0 Å². The number of hydrogen-bond acceptors (Lipinski definition) is 0. The zero-order valence-electron chi connectivity index (χ0n) is 4.41. The van der Waals surface area contributed by atoms with Crippen LogP contribution < -0.4 is 0 Å². The quantitative estimate of drug-likeness (QED) is 0.418. The Labute approximate surface area is 39.6 Å². The summed E-state index contributed by atoms with van der Waals surface area (Å²) >= 11 is 0. The summed E-state index contributed by atoms with van der Waals surface area (Å²) in [4.78, 5) is 0. The molecule has 34 valence electrons. The smallest absolute Gasteiger partial charge is 0.0111 e. The molecule has 1 rings (SSSR count). The molecule has 0 aromatic heterocycles. The Kier molecular flexibility index (Phi) is 0.686. The molecular formula is C6H10. The molecule has 0 amide bonds. The first-order valence-corrected chi connectivity index (χ1v) is 2.46. The second kappa shape index (κ2) is 0.988. The van der Waals surface area contributed by atoms with Gasteiger partial charge < -0.3 is 0 Å². The minimum Gasteiger partial charge on any atom is -0.0593 e. The van der Waals surface area contributed by atoms with Crippen LogP contribution in [0.2, 0.25) is 0 Å². The summed E-state index contributed by atoms with van der Waals surface area (Å²) in [5.74, 6) is 0. The number of hydrogen-bond donors (Lipinski definition) is 0. The third-order valence-electron chi connectivity index (χ3n) is 1.35. The summed E-state index contributed by atoms with van der Waals surface area (Å²) < 4.78 is 0. The summed E-state index contributed by atoms with van der Waals surface area (Å²) in [6.07, 6.45) is 5.84. The van der Waals surface area contributed by atoms with Crippen LogP contribution >= 0.6 is 0 Å². The van der Waals surface area contributed by atoms with Crippen molar-refractivity contribution in [2.75, 3.05) is 0 Å². The average Bonchev–Trinajstić information content (AvgIpc) is 1.32. The molecule has 0 bridgehead atoms. The van der Waals surface area contributed by atoms with E-state index in [2.05, 4.69) is 20.3 Å². The Morgan fingerprint density at radius 1 is 1.50 bits per heavy atom. The highest BCUT2D eigenvalue weighted by Crippen LogP contribution is 2.37. The molecule has 0 unspecified atom stereocenters. The molecule has 0 heteroatoms. The maximum absolute atomic E-state index is 3.28. The number of rotatable bonds is 0. The molecule has 0 saturated heterocycles. The summed E-state index contributed by atoms with van der Waals surface area (Å²) in [6, 6.07) is 0. The van der Waals surface area contributed by atoms with Gasteiger partial charge in [-0.05, 0) is 24.7 Å². The molecule has 0 nitrogen and oxygen atoms in total. The van der Waals surface area contributed by atoms with E-state index >= 15 is 0 Å². The molecule has 2 radical (unpaired) electrons. The fourth-order valence-corrected chi connectivity index (χ4v) is 0.625. The van der Waals surface area contributed by atoms with Gasteiger partial charge in [-0.15, -0.1) is 0 Å². The van der Waals surface area contributed by atoms with E-state index in [-0.39, 0.29) is 0 Å². The lowest BCUT2D eigenvalue weighted by atomic mass is 9.72. The maximum Gasteiger partial charge on any atom is -0.0111 e. The van der Waals surface area contributed by atoms with Crippen molar-refractivity contribution < 1.29 is 0 Å². The summed E-state index contributed by atoms with van der Waals surface area (Å²) in [5, 5.41) is 0. The van der Waals surface area contributed by atoms with E-state index in [0.717, 1.165) is 0 Å². The molecule has 0 aromatic carbocycles. The van der Waals surface area contributed by atoms with Crippen LogP contribution in [0.3, 0.4) is 0 Å². The van der Waals surface area contributed by atoms with Gasteiger partial charge in [-0.2, -0.15) is 0 Å². The first-order valence-electron chi connectivity index (χ1n) is 2.46. The molecule has 1 fully saturated rings. The van der Waals surface area contributed by atoms with Gasteiger partial charge in [0.05, 0.1) is 0 Å². The largest absolute Gasteiger partial charge is 0.0593 e. The normalized spacial score (nSPS) is 29.0. The van der Waals surface area contributed by atoms with Crippen molar-refractivity contribution >= 4 is 0 Å². The zero-order chi connectivity index (χ0) is 4.62. The molecule has 1 aliphatic carbocycles. The van der Waals surface area contributed by atoms with Gasteiger partial charge in [-0.1, -0.05) is 13.8 Å². The van der Waals surface area contributed by atoms with Crippen molar-refractivity contribution in [1.82, 2.24) is 0 Å². The van der Waals surface area contributed by atoms with Crippen LogP contribution in [0.25, 0.3) is 0 Å². The fraction of sp³-hybridized carbons (Fsp3) is 0.833. The van der Waals surface area contributed by atoms with E-state index in [0.29, 0.717) is 5.41 Å². The Balaban J connectivity index is 2.31. The minimum absolute atomic E-state index is 0.472. The Morgan fingerprint density at radius 2 is 1.83 bits per heavy atom. The second-order valence-corrected chi connectivity index (χ2v) is 2.56. The zero-order valence-corrected chi connectivity index (χ0v) is 4.41. The summed E-state index contributed by atoms with van der Waals surface area (Å²) in [6.45, 7) is 4.44. The van der Waals surface area contributed by atoms with Gasteiger partial charge in [-0.25, -0.2) is 0 Å². The predicted molar refractivity (Wildman–Crippen MR) is 26.3 cm³/mol. The summed E-state index contributed by atoms with van der Waals surface area (Å²) in [5.41, 5.74) is 0.472. The van der Waals surface area contributed by atoms with Crippen LogP contribution in [0.1, 0.15) is 26.7 Å². The highest BCUT2D eigenvalue weighted by atomic mass is 14.3. The van der Waals surface area contributed by atoms with Crippen molar-refractivity contribution in [2.45, 2.75) is 26.7 Å². The van der Waals surface area contributed by atoms with Gasteiger partial charge in [0.25, 0.3) is 0 Å². The Hall–Kier alpha value is 0. The van der Waals surface area contributed by atoms with Crippen LogP contribution in [0.4, 0.5) is 0 Å². The molecule has 0 aromatic rings. The van der Waals surface area contributed by atoms with Gasteiger partial charge in [0.2, 0.25) is 0 Å². The minimum atomic E-state index is 0.472. The molecule has 1 saturated carbocycles. The molecule has 0 heterocycles. The van der Waals surface area contributed by atoms with E-state index < -0.39 is 0 Å². The van der Waals surface area contributed by atoms with Crippen molar-refractivity contribution in [1.29, 1.82) is 0 Å². The SMILES string of the molecule is CC1(C)[C]CC1. The van der Waals surface area contributed by atoms with Crippen molar-refractivity contribution in [2.24, 2.45) is 5.41 Å². The topological polar surface area (TPSA) is 0 Å². The molecule has 0 aliphatic heterocycles. The van der Waals surface area contributed by atoms with Gasteiger partial charge in [-0.3, -0.25) is 0 Å². The lowest BCUT2D eigenvalue weighted by Crippen LogP contribution is -2.21. The lowest BCUT2D eigenvalue weighted by molar-refractivity contribution is 0.295. The van der Waals surface area contributed by atoms with Crippen molar-refractivity contribution in [3.05, 3.63) is 6.42 Å². The third kappa shape index (κ3) is 0.562. The Morgan fingerprint density at radius 3 is 1.83 bits per heavy atom. The standard InChI is InChI=1S/C6H10/c1-6(2)4-3-5-6/h3-4H2,1-2H3. The third-order valence-corrected chi connectivity index (χ3v) is 1.35. The Bertz CT molecular complexity index is 47.1. The molecule has 1 aliphatic rings. The van der Waals surface area contributed by atoms with E-state index in [1.54, 1.807) is 0 Å². The highest BCUT2D eigenvalue weighted by Gasteiger charge is 2.26. The van der Waals surface area contributed by atoms with Crippen LogP contribution in [0.15, 0.2) is 0 Å². The van der Waals surface area contributed by atoms with E-state index in [9.17, 15) is 0 Å². The van der Waals surface area contributed by atoms with Gasteiger partial charge in [0.1, 0.15) is 0 Å². The molecular weight excluding hydrogens is 72.1 g/mol. The molecule has 0 N–H and O–H groups in total. The van der Waals surface area contributed by atoms with Crippen LogP contribution in [0, 0.1) is 11.8 Å². The van der Waals surface area contributed by atoms with Gasteiger partial charge >= 0.3 is 0 Å². The van der Waals surface area contributed by atoms with Crippen LogP contribution in [0.5, 0.6) is 0 Å². The highest BCUT2D eigenvalue weighted by molar-refractivity contribution is 4.94. The van der Waals surface area contributed by atoms with Gasteiger partial charge in [0, 0.05) is 0 Å². The van der Waals surface area contributed by atoms with E-state index in [1.165, 1.54) is 12.8 Å². The fourth-order valence-electron chi connectivity index (χ4n) is 0.625. The predicted octanol–water partition coefficient (Wildman–Crippen LogP) is 1.89. The van der Waals surface area contributed by atoms with E-state index in [4.69, 9.17) is 0 Å². The first-order chi connectivity index (χ1) is 2.71. The van der Waals surface area contributed by atoms with Crippen LogP contribution in [-0.2, 0) is 0 Å². The van der Waals surface area contributed by atoms with E-state index in [1.807, 2.05) is 0 Å². The molecule has 0 spiro atoms. The first kappa shape index (κ1) is 4.17. The van der Waals surface area contributed by atoms with Crippen LogP contribution in [-0.4, -0.2) is 0 Å². The lowest BCUT2D eigenvalue weighted by Gasteiger charge is -2.32. The maximum atomic E-state index is 3.28. The summed E-state index contributed by atoms with van der Waals surface area (Å²) in [7, 11) is 0. The molecule has 6 heavy (non-hydrogen) atoms. The second-order valence-electron chi connectivity index (χ2n) is 2.56. The van der Waals surface area contributed by atoms with Crippen molar-refractivity contribution in [3.8, 4) is 0 Å².